The van der Waals surface area contributed by atoms with Crippen LogP contribution in [0.5, 0.6) is 0 Å². The van der Waals surface area contributed by atoms with Crippen LogP contribution in [-0.2, 0) is 0 Å². The first-order valence-corrected chi connectivity index (χ1v) is 6.64. The number of halogens is 1. The highest BCUT2D eigenvalue weighted by Gasteiger charge is 2.27. The molecule has 0 spiro atoms. The van der Waals surface area contributed by atoms with Crippen molar-refractivity contribution in [2.75, 3.05) is 25.0 Å². The molecule has 1 unspecified atom stereocenters. The van der Waals surface area contributed by atoms with Gasteiger partial charge in [-0.3, -0.25) is 10.1 Å². The van der Waals surface area contributed by atoms with Gasteiger partial charge in [0.15, 0.2) is 0 Å². The van der Waals surface area contributed by atoms with Gasteiger partial charge in [0.25, 0.3) is 5.69 Å². The molecular formula is C11H15BrN4O2. The lowest BCUT2D eigenvalue weighted by Crippen LogP contribution is -2.37. The lowest BCUT2D eigenvalue weighted by molar-refractivity contribution is -0.385. The number of pyridine rings is 1. The number of hydrogen-bond acceptors (Lipinski definition) is 5. The van der Waals surface area contributed by atoms with E-state index in [1.807, 2.05) is 7.05 Å². The number of aromatic nitrogens is 1. The molecule has 1 N–H and O–H groups in total. The van der Waals surface area contributed by atoms with E-state index in [4.69, 9.17) is 0 Å². The fourth-order valence-electron chi connectivity index (χ4n) is 2.29. The van der Waals surface area contributed by atoms with E-state index in [0.29, 0.717) is 10.5 Å². The molecule has 0 saturated carbocycles. The van der Waals surface area contributed by atoms with E-state index in [0.717, 1.165) is 31.7 Å². The van der Waals surface area contributed by atoms with Gasteiger partial charge in [0.05, 0.1) is 9.40 Å². The van der Waals surface area contributed by atoms with Crippen LogP contribution in [-0.4, -0.2) is 36.1 Å². The Balaban J connectivity index is 2.25. The highest BCUT2D eigenvalue weighted by atomic mass is 79.9. The van der Waals surface area contributed by atoms with E-state index >= 15 is 0 Å². The van der Waals surface area contributed by atoms with E-state index < -0.39 is 4.92 Å². The molecule has 1 aromatic rings. The maximum Gasteiger partial charge on any atom is 0.288 e. The standard InChI is InChI=1S/C11H15BrN4O2/c1-13-6-8-3-2-4-15(8)11-10(12)5-9(7-14-11)16(17)18/h5,7-8,13H,2-4,6H2,1H3. The summed E-state index contributed by atoms with van der Waals surface area (Å²) in [4.78, 5) is 16.7. The highest BCUT2D eigenvalue weighted by molar-refractivity contribution is 9.10. The molecule has 1 aliphatic rings. The molecule has 1 aliphatic heterocycles. The van der Waals surface area contributed by atoms with Crippen LogP contribution < -0.4 is 10.2 Å². The van der Waals surface area contributed by atoms with Crippen LogP contribution in [0.4, 0.5) is 11.5 Å². The Kier molecular flexibility index (Phi) is 4.13. The second-order valence-electron chi connectivity index (χ2n) is 4.30. The molecule has 2 rings (SSSR count). The zero-order valence-electron chi connectivity index (χ0n) is 10.1. The van der Waals surface area contributed by atoms with Gasteiger partial charge in [-0.05, 0) is 35.8 Å². The normalized spacial score (nSPS) is 19.2. The summed E-state index contributed by atoms with van der Waals surface area (Å²) < 4.78 is 0.680. The molecule has 7 heteroatoms. The van der Waals surface area contributed by atoms with E-state index in [2.05, 4.69) is 31.1 Å². The summed E-state index contributed by atoms with van der Waals surface area (Å²) >= 11 is 3.38. The Labute approximate surface area is 114 Å². The molecule has 0 amide bonds. The van der Waals surface area contributed by atoms with Crippen LogP contribution >= 0.6 is 15.9 Å². The summed E-state index contributed by atoms with van der Waals surface area (Å²) in [5.74, 6) is 0.790. The molecule has 98 valence electrons. The second-order valence-corrected chi connectivity index (χ2v) is 5.16. The number of rotatable bonds is 4. The van der Waals surface area contributed by atoms with Crippen LogP contribution in [0, 0.1) is 10.1 Å². The molecule has 0 aromatic carbocycles. The van der Waals surface area contributed by atoms with Crippen molar-refractivity contribution >= 4 is 27.4 Å². The van der Waals surface area contributed by atoms with Gasteiger partial charge in [0.1, 0.15) is 12.0 Å². The Hall–Kier alpha value is -1.21. The monoisotopic (exact) mass is 314 g/mol. The average molecular weight is 315 g/mol. The zero-order chi connectivity index (χ0) is 13.1. The fraction of sp³-hybridized carbons (Fsp3) is 0.545. The lowest BCUT2D eigenvalue weighted by atomic mass is 10.2. The largest absolute Gasteiger partial charge is 0.351 e. The van der Waals surface area contributed by atoms with Gasteiger partial charge < -0.3 is 10.2 Å². The summed E-state index contributed by atoms with van der Waals surface area (Å²) in [5.41, 5.74) is 0.00925. The first-order valence-electron chi connectivity index (χ1n) is 5.84. The Bertz CT molecular complexity index is 455. The molecule has 1 atom stereocenters. The molecule has 2 heterocycles. The van der Waals surface area contributed by atoms with Crippen molar-refractivity contribution in [3.8, 4) is 0 Å². The molecule has 0 radical (unpaired) electrons. The maximum absolute atomic E-state index is 10.7. The molecule has 1 saturated heterocycles. The van der Waals surface area contributed by atoms with Gasteiger partial charge in [0, 0.05) is 25.2 Å². The average Bonchev–Trinajstić information content (AvgIpc) is 2.77. The number of anilines is 1. The first kappa shape index (κ1) is 13.2. The zero-order valence-corrected chi connectivity index (χ0v) is 11.7. The summed E-state index contributed by atoms with van der Waals surface area (Å²) in [7, 11) is 1.93. The second kappa shape index (κ2) is 5.62. The SMILES string of the molecule is CNCC1CCCN1c1ncc([N+](=O)[O-])cc1Br. The minimum Gasteiger partial charge on any atom is -0.351 e. The molecule has 18 heavy (non-hydrogen) atoms. The third-order valence-electron chi connectivity index (χ3n) is 3.11. The van der Waals surface area contributed by atoms with Gasteiger partial charge >= 0.3 is 0 Å². The third kappa shape index (κ3) is 2.62. The molecule has 6 nitrogen and oxygen atoms in total. The Morgan fingerprint density at radius 2 is 2.50 bits per heavy atom. The summed E-state index contributed by atoms with van der Waals surface area (Å²) in [6.07, 6.45) is 3.55. The van der Waals surface area contributed by atoms with Gasteiger partial charge in [-0.25, -0.2) is 4.98 Å². The molecule has 0 bridgehead atoms. The smallest absolute Gasteiger partial charge is 0.288 e. The van der Waals surface area contributed by atoms with E-state index in [1.54, 1.807) is 0 Å². The van der Waals surface area contributed by atoms with Crippen LogP contribution in [0.1, 0.15) is 12.8 Å². The van der Waals surface area contributed by atoms with E-state index in [9.17, 15) is 10.1 Å². The Morgan fingerprint density at radius 3 is 3.11 bits per heavy atom. The minimum absolute atomic E-state index is 0.00925. The third-order valence-corrected chi connectivity index (χ3v) is 3.69. The number of nitrogens with one attached hydrogen (secondary N) is 1. The topological polar surface area (TPSA) is 71.3 Å². The number of likely N-dealkylation sites (N-methyl/N-ethyl adjacent to an activating group) is 1. The van der Waals surface area contributed by atoms with Crippen molar-refractivity contribution in [1.82, 2.24) is 10.3 Å². The maximum atomic E-state index is 10.7. The fourth-order valence-corrected chi connectivity index (χ4v) is 2.86. The van der Waals surface area contributed by atoms with Crippen molar-refractivity contribution < 1.29 is 4.92 Å². The van der Waals surface area contributed by atoms with Crippen LogP contribution in [0.15, 0.2) is 16.7 Å². The highest BCUT2D eigenvalue weighted by Crippen LogP contribution is 2.32. The quantitative estimate of drug-likeness (QED) is 0.679. The van der Waals surface area contributed by atoms with Crippen molar-refractivity contribution in [1.29, 1.82) is 0 Å². The predicted molar refractivity (Wildman–Crippen MR) is 72.9 cm³/mol. The van der Waals surface area contributed by atoms with Crippen LogP contribution in [0.2, 0.25) is 0 Å². The molecular weight excluding hydrogens is 300 g/mol. The summed E-state index contributed by atoms with van der Waals surface area (Å²) in [6, 6.07) is 1.91. The molecule has 1 aromatic heterocycles. The van der Waals surface area contributed by atoms with Crippen molar-refractivity contribution in [3.05, 3.63) is 26.9 Å². The number of hydrogen-bond donors (Lipinski definition) is 1. The summed E-state index contributed by atoms with van der Waals surface area (Å²) in [5, 5.41) is 13.8. The van der Waals surface area contributed by atoms with Crippen LogP contribution in [0.3, 0.4) is 0 Å². The van der Waals surface area contributed by atoms with Gasteiger partial charge in [-0.1, -0.05) is 0 Å². The van der Waals surface area contributed by atoms with Crippen molar-refractivity contribution in [3.63, 3.8) is 0 Å². The van der Waals surface area contributed by atoms with E-state index in [-0.39, 0.29) is 5.69 Å². The summed E-state index contributed by atoms with van der Waals surface area (Å²) in [6.45, 7) is 1.83. The van der Waals surface area contributed by atoms with Gasteiger partial charge in [0.2, 0.25) is 0 Å². The Morgan fingerprint density at radius 1 is 1.72 bits per heavy atom. The van der Waals surface area contributed by atoms with E-state index in [1.165, 1.54) is 12.3 Å². The predicted octanol–water partition coefficient (Wildman–Crippen LogP) is 1.94. The van der Waals surface area contributed by atoms with Crippen LogP contribution in [0.25, 0.3) is 0 Å². The molecule has 0 aliphatic carbocycles. The number of nitrogens with zero attached hydrogens (tertiary/aromatic N) is 3. The van der Waals surface area contributed by atoms with Crippen molar-refractivity contribution in [2.24, 2.45) is 0 Å². The van der Waals surface area contributed by atoms with Gasteiger partial charge in [-0.2, -0.15) is 0 Å². The molecule has 1 fully saturated rings. The van der Waals surface area contributed by atoms with Gasteiger partial charge in [-0.15, -0.1) is 0 Å². The number of nitro groups is 1. The van der Waals surface area contributed by atoms with Crippen molar-refractivity contribution in [2.45, 2.75) is 18.9 Å². The minimum atomic E-state index is -0.434. The first-order chi connectivity index (χ1) is 8.63. The lowest BCUT2D eigenvalue weighted by Gasteiger charge is -2.26.